The van der Waals surface area contributed by atoms with Crippen LogP contribution in [0.4, 0.5) is 9.59 Å². The number of likely N-dealkylation sites (tertiary alicyclic amines) is 1. The van der Waals surface area contributed by atoms with Crippen molar-refractivity contribution >= 4 is 12.2 Å². The molecule has 4 aliphatic rings. The van der Waals surface area contributed by atoms with E-state index in [9.17, 15) is 9.59 Å². The second kappa shape index (κ2) is 7.35. The van der Waals surface area contributed by atoms with Gasteiger partial charge in [-0.05, 0) is 44.4 Å². The summed E-state index contributed by atoms with van der Waals surface area (Å²) in [7, 11) is 1.62. The summed E-state index contributed by atoms with van der Waals surface area (Å²) in [6.07, 6.45) is 3.34. The second-order valence-corrected chi connectivity index (χ2v) is 8.30. The van der Waals surface area contributed by atoms with Gasteiger partial charge in [0, 0.05) is 24.1 Å². The fourth-order valence-electron chi connectivity index (χ4n) is 5.99. The number of benzene rings is 1. The zero-order chi connectivity index (χ0) is 21.8. The summed E-state index contributed by atoms with van der Waals surface area (Å²) in [5.74, 6) is 1.42. The van der Waals surface area contributed by atoms with E-state index in [0.717, 1.165) is 16.9 Å². The SMILES string of the molecule is CCOC(=O)O[C@@H]1C=C[C@H]2[C@H]3Cc4ccc(OC)c5c4[C@@]2(CCN3C(=O)OCC)[C@H]1O5. The lowest BCUT2D eigenvalue weighted by molar-refractivity contribution is -0.0640. The molecule has 8 nitrogen and oxygen atoms in total. The Bertz CT molecular complexity index is 944. The number of amides is 1. The number of piperidine rings is 1. The number of hydrogen-bond acceptors (Lipinski definition) is 7. The highest BCUT2D eigenvalue weighted by atomic mass is 16.7. The summed E-state index contributed by atoms with van der Waals surface area (Å²) < 4.78 is 28.1. The fraction of sp³-hybridized carbons (Fsp3) is 0.565. The van der Waals surface area contributed by atoms with Gasteiger partial charge in [0.15, 0.2) is 17.6 Å². The average Bonchev–Trinajstić information content (AvgIpc) is 3.09. The molecule has 1 spiro atoms. The topological polar surface area (TPSA) is 83.5 Å². The lowest BCUT2D eigenvalue weighted by Gasteiger charge is -2.56. The fourth-order valence-corrected chi connectivity index (χ4v) is 5.99. The molecule has 1 aromatic rings. The van der Waals surface area contributed by atoms with Crippen molar-refractivity contribution in [3.8, 4) is 11.5 Å². The van der Waals surface area contributed by atoms with Crippen LogP contribution < -0.4 is 9.47 Å². The summed E-state index contributed by atoms with van der Waals surface area (Å²) in [6, 6.07) is 3.91. The number of carbonyl (C=O) groups is 2. The van der Waals surface area contributed by atoms with Crippen molar-refractivity contribution in [3.63, 3.8) is 0 Å². The maximum atomic E-state index is 12.7. The number of hydrogen-bond donors (Lipinski definition) is 0. The van der Waals surface area contributed by atoms with Crippen molar-refractivity contribution in [2.75, 3.05) is 26.9 Å². The molecule has 8 heteroatoms. The number of rotatable bonds is 4. The standard InChI is InChI=1S/C23H27NO7/c1-4-28-21(25)24-11-10-23-14-7-9-17(30-22(26)29-5-2)20(23)31-19-16(27-3)8-6-13(18(19)23)12-15(14)24/h6-9,14-15,17,20H,4-5,10-12H2,1-3H3/t14-,15+,17+,20-,23-/m0/s1. The Kier molecular flexibility index (Phi) is 4.75. The molecule has 1 aromatic carbocycles. The van der Waals surface area contributed by atoms with Crippen molar-refractivity contribution in [2.24, 2.45) is 5.92 Å². The van der Waals surface area contributed by atoms with Gasteiger partial charge in [-0.25, -0.2) is 9.59 Å². The minimum absolute atomic E-state index is 0.0264. The molecule has 0 N–H and O–H groups in total. The molecule has 166 valence electrons. The first kappa shape index (κ1) is 20.0. The van der Waals surface area contributed by atoms with Crippen LogP contribution in [0.5, 0.6) is 11.5 Å². The summed E-state index contributed by atoms with van der Waals surface area (Å²) >= 11 is 0. The highest BCUT2D eigenvalue weighted by molar-refractivity contribution is 5.70. The van der Waals surface area contributed by atoms with E-state index in [-0.39, 0.29) is 24.7 Å². The molecule has 0 aromatic heterocycles. The van der Waals surface area contributed by atoms with E-state index >= 15 is 0 Å². The van der Waals surface area contributed by atoms with Gasteiger partial charge in [-0.15, -0.1) is 0 Å². The predicted molar refractivity (Wildman–Crippen MR) is 109 cm³/mol. The molecule has 1 saturated heterocycles. The predicted octanol–water partition coefficient (Wildman–Crippen LogP) is 3.21. The summed E-state index contributed by atoms with van der Waals surface area (Å²) in [5, 5.41) is 0. The number of methoxy groups -OCH3 is 1. The van der Waals surface area contributed by atoms with Crippen molar-refractivity contribution in [1.82, 2.24) is 4.90 Å². The van der Waals surface area contributed by atoms with Crippen LogP contribution in [0.1, 0.15) is 31.4 Å². The Morgan fingerprint density at radius 1 is 1.19 bits per heavy atom. The molecule has 0 radical (unpaired) electrons. The van der Waals surface area contributed by atoms with Crippen molar-refractivity contribution in [2.45, 2.75) is 50.4 Å². The molecule has 1 amide bonds. The molecule has 0 unspecified atom stereocenters. The summed E-state index contributed by atoms with van der Waals surface area (Å²) in [5.41, 5.74) is 1.86. The van der Waals surface area contributed by atoms with E-state index in [4.69, 9.17) is 23.7 Å². The average molecular weight is 429 g/mol. The van der Waals surface area contributed by atoms with Crippen LogP contribution >= 0.6 is 0 Å². The first-order valence-electron chi connectivity index (χ1n) is 10.9. The van der Waals surface area contributed by atoms with E-state index in [1.165, 1.54) is 0 Å². The summed E-state index contributed by atoms with van der Waals surface area (Å²) in [4.78, 5) is 26.7. The minimum atomic E-state index is -0.713. The van der Waals surface area contributed by atoms with Crippen molar-refractivity contribution in [1.29, 1.82) is 0 Å². The quantitative estimate of drug-likeness (QED) is 0.537. The molecule has 2 bridgehead atoms. The van der Waals surface area contributed by atoms with Gasteiger partial charge >= 0.3 is 12.2 Å². The maximum Gasteiger partial charge on any atom is 0.508 e. The third-order valence-corrected chi connectivity index (χ3v) is 7.05. The Labute approximate surface area is 181 Å². The van der Waals surface area contributed by atoms with Crippen LogP contribution in [-0.2, 0) is 26.0 Å². The number of ether oxygens (including phenoxy) is 5. The van der Waals surface area contributed by atoms with Gasteiger partial charge in [0.25, 0.3) is 0 Å². The van der Waals surface area contributed by atoms with E-state index in [0.29, 0.717) is 31.7 Å². The van der Waals surface area contributed by atoms with Crippen LogP contribution in [0.3, 0.4) is 0 Å². The molecule has 2 aliphatic carbocycles. The van der Waals surface area contributed by atoms with Crippen molar-refractivity contribution < 1.29 is 33.3 Å². The molecule has 31 heavy (non-hydrogen) atoms. The third-order valence-electron chi connectivity index (χ3n) is 7.05. The molecule has 5 atom stereocenters. The second-order valence-electron chi connectivity index (χ2n) is 8.30. The van der Waals surface area contributed by atoms with E-state index in [2.05, 4.69) is 12.1 Å². The zero-order valence-corrected chi connectivity index (χ0v) is 18.0. The molecular formula is C23H27NO7. The minimum Gasteiger partial charge on any atom is -0.493 e. The van der Waals surface area contributed by atoms with Gasteiger partial charge in [0.05, 0.1) is 25.7 Å². The van der Waals surface area contributed by atoms with E-state index in [1.807, 2.05) is 24.0 Å². The van der Waals surface area contributed by atoms with Crippen molar-refractivity contribution in [3.05, 3.63) is 35.4 Å². The van der Waals surface area contributed by atoms with Gasteiger partial charge in [-0.3, -0.25) is 0 Å². The highest BCUT2D eigenvalue weighted by Gasteiger charge is 2.66. The van der Waals surface area contributed by atoms with Crippen LogP contribution in [0.15, 0.2) is 24.3 Å². The molecule has 2 heterocycles. The van der Waals surface area contributed by atoms with Gasteiger partial charge in [-0.2, -0.15) is 0 Å². The van der Waals surface area contributed by atoms with Crippen LogP contribution in [-0.4, -0.2) is 62.3 Å². The third kappa shape index (κ3) is 2.73. The first-order chi connectivity index (χ1) is 15.0. The molecule has 5 rings (SSSR count). The Morgan fingerprint density at radius 3 is 2.74 bits per heavy atom. The summed E-state index contributed by atoms with van der Waals surface area (Å²) in [6.45, 7) is 4.69. The number of nitrogens with zero attached hydrogens (tertiary/aromatic N) is 1. The smallest absolute Gasteiger partial charge is 0.493 e. The number of carbonyl (C=O) groups excluding carboxylic acids is 2. The van der Waals surface area contributed by atoms with Gasteiger partial charge in [-0.1, -0.05) is 12.1 Å². The van der Waals surface area contributed by atoms with Gasteiger partial charge in [0.1, 0.15) is 6.10 Å². The Morgan fingerprint density at radius 2 is 2.00 bits per heavy atom. The molecule has 1 fully saturated rings. The highest BCUT2D eigenvalue weighted by Crippen LogP contribution is 2.62. The molecule has 2 aliphatic heterocycles. The van der Waals surface area contributed by atoms with Gasteiger partial charge in [0.2, 0.25) is 0 Å². The Hall–Kier alpha value is -2.90. The van der Waals surface area contributed by atoms with Crippen LogP contribution in [0.2, 0.25) is 0 Å². The molecule has 0 saturated carbocycles. The molecular weight excluding hydrogens is 402 g/mol. The normalized spacial score (nSPS) is 31.4. The van der Waals surface area contributed by atoms with Crippen LogP contribution in [0, 0.1) is 5.92 Å². The lowest BCUT2D eigenvalue weighted by atomic mass is 9.53. The maximum absolute atomic E-state index is 12.7. The van der Waals surface area contributed by atoms with Gasteiger partial charge < -0.3 is 28.6 Å². The largest absolute Gasteiger partial charge is 0.508 e. The monoisotopic (exact) mass is 429 g/mol. The van der Waals surface area contributed by atoms with E-state index < -0.39 is 23.8 Å². The lowest BCUT2D eigenvalue weighted by Crippen LogP contribution is -2.66. The first-order valence-corrected chi connectivity index (χ1v) is 10.9. The zero-order valence-electron chi connectivity index (χ0n) is 18.0. The van der Waals surface area contributed by atoms with Crippen LogP contribution in [0.25, 0.3) is 0 Å². The Balaban J connectivity index is 1.61. The van der Waals surface area contributed by atoms with E-state index in [1.54, 1.807) is 14.0 Å².